The molecular formula is C15H28N4O. The molecule has 1 atom stereocenters. The lowest BCUT2D eigenvalue weighted by atomic mass is 9.93. The van der Waals surface area contributed by atoms with Crippen molar-refractivity contribution in [1.29, 1.82) is 0 Å². The van der Waals surface area contributed by atoms with Crippen LogP contribution in [0.15, 0.2) is 4.52 Å². The summed E-state index contributed by atoms with van der Waals surface area (Å²) in [6, 6.07) is 1.04. The average Bonchev–Trinajstić information content (AvgIpc) is 2.86. The summed E-state index contributed by atoms with van der Waals surface area (Å²) < 4.78 is 5.33. The maximum absolute atomic E-state index is 5.33. The van der Waals surface area contributed by atoms with Gasteiger partial charge in [-0.15, -0.1) is 0 Å². The molecule has 1 aromatic heterocycles. The summed E-state index contributed by atoms with van der Waals surface area (Å²) in [7, 11) is 1.95. The van der Waals surface area contributed by atoms with Crippen LogP contribution in [-0.2, 0) is 12.8 Å². The van der Waals surface area contributed by atoms with Gasteiger partial charge in [0.1, 0.15) is 0 Å². The van der Waals surface area contributed by atoms with E-state index in [4.69, 9.17) is 4.52 Å². The van der Waals surface area contributed by atoms with E-state index >= 15 is 0 Å². The fourth-order valence-electron chi connectivity index (χ4n) is 2.75. The van der Waals surface area contributed by atoms with Crippen LogP contribution in [-0.4, -0.2) is 47.3 Å². The Morgan fingerprint density at radius 1 is 1.30 bits per heavy atom. The van der Waals surface area contributed by atoms with E-state index in [2.05, 4.69) is 41.1 Å². The molecule has 0 radical (unpaired) electrons. The van der Waals surface area contributed by atoms with E-state index in [1.807, 2.05) is 7.05 Å². The Balaban J connectivity index is 1.80. The van der Waals surface area contributed by atoms with E-state index < -0.39 is 0 Å². The highest BCUT2D eigenvalue weighted by Gasteiger charge is 2.22. The molecule has 1 aromatic rings. The van der Waals surface area contributed by atoms with E-state index in [-0.39, 0.29) is 0 Å². The third kappa shape index (κ3) is 4.28. The van der Waals surface area contributed by atoms with Gasteiger partial charge in [0.2, 0.25) is 5.89 Å². The Kier molecular flexibility index (Phi) is 5.54. The number of piperidine rings is 1. The van der Waals surface area contributed by atoms with Crippen molar-refractivity contribution in [3.05, 3.63) is 11.7 Å². The van der Waals surface area contributed by atoms with Crippen molar-refractivity contribution < 1.29 is 4.52 Å². The van der Waals surface area contributed by atoms with Crippen molar-refractivity contribution in [2.75, 3.05) is 20.1 Å². The summed E-state index contributed by atoms with van der Waals surface area (Å²) >= 11 is 0. The topological polar surface area (TPSA) is 54.2 Å². The molecule has 2 rings (SSSR count). The van der Waals surface area contributed by atoms with Crippen molar-refractivity contribution in [2.24, 2.45) is 5.92 Å². The summed E-state index contributed by atoms with van der Waals surface area (Å²) in [5.74, 6) is 2.34. The number of aromatic nitrogens is 2. The zero-order valence-electron chi connectivity index (χ0n) is 13.2. The van der Waals surface area contributed by atoms with E-state index in [1.54, 1.807) is 0 Å². The Morgan fingerprint density at radius 2 is 2.00 bits per heavy atom. The summed E-state index contributed by atoms with van der Waals surface area (Å²) in [4.78, 5) is 7.06. The molecular weight excluding hydrogens is 252 g/mol. The molecule has 114 valence electrons. The van der Waals surface area contributed by atoms with Crippen LogP contribution in [0.25, 0.3) is 0 Å². The maximum Gasteiger partial charge on any atom is 0.228 e. The van der Waals surface area contributed by atoms with Crippen LogP contribution in [0.1, 0.15) is 45.3 Å². The minimum Gasteiger partial charge on any atom is -0.339 e. The van der Waals surface area contributed by atoms with Crippen LogP contribution < -0.4 is 5.32 Å². The van der Waals surface area contributed by atoms with Gasteiger partial charge in [0.15, 0.2) is 5.82 Å². The summed E-state index contributed by atoms with van der Waals surface area (Å²) in [6.45, 7) is 9.06. The molecule has 0 amide bonds. The van der Waals surface area contributed by atoms with Gasteiger partial charge in [0.05, 0.1) is 0 Å². The highest BCUT2D eigenvalue weighted by atomic mass is 16.5. The van der Waals surface area contributed by atoms with Crippen molar-refractivity contribution in [3.8, 4) is 0 Å². The van der Waals surface area contributed by atoms with E-state index in [1.165, 1.54) is 25.9 Å². The number of hydrogen-bond acceptors (Lipinski definition) is 5. The molecule has 0 aliphatic carbocycles. The number of nitrogens with one attached hydrogen (secondary N) is 1. The molecule has 20 heavy (non-hydrogen) atoms. The predicted molar refractivity (Wildman–Crippen MR) is 79.7 cm³/mol. The molecule has 2 heterocycles. The first kappa shape index (κ1) is 15.4. The van der Waals surface area contributed by atoms with E-state index in [0.717, 1.165) is 24.6 Å². The Morgan fingerprint density at radius 3 is 2.60 bits per heavy atom. The van der Waals surface area contributed by atoms with Crippen LogP contribution in [0.4, 0.5) is 0 Å². The first-order valence-electron chi connectivity index (χ1n) is 7.81. The maximum atomic E-state index is 5.33. The first-order chi connectivity index (χ1) is 9.58. The number of likely N-dealkylation sites (tertiary alicyclic amines) is 1. The molecule has 5 nitrogen and oxygen atoms in total. The number of hydrogen-bond donors (Lipinski definition) is 1. The number of rotatable bonds is 6. The Hall–Kier alpha value is -0.940. The van der Waals surface area contributed by atoms with Crippen molar-refractivity contribution in [1.82, 2.24) is 20.4 Å². The molecule has 1 aliphatic heterocycles. The second-order valence-electron chi connectivity index (χ2n) is 6.28. The summed E-state index contributed by atoms with van der Waals surface area (Å²) in [6.07, 6.45) is 4.25. The quantitative estimate of drug-likeness (QED) is 0.862. The van der Waals surface area contributed by atoms with Gasteiger partial charge in [-0.25, -0.2) is 0 Å². The van der Waals surface area contributed by atoms with Gasteiger partial charge >= 0.3 is 0 Å². The van der Waals surface area contributed by atoms with Crippen LogP contribution in [0.3, 0.4) is 0 Å². The smallest absolute Gasteiger partial charge is 0.228 e. The molecule has 1 aliphatic rings. The molecule has 0 aromatic carbocycles. The Labute approximate surface area is 122 Å². The molecule has 0 saturated carbocycles. The van der Waals surface area contributed by atoms with Gasteiger partial charge in [-0.05, 0) is 59.7 Å². The standard InChI is InChI=1S/C15H28N4O/c1-11(2)19-7-5-13(6-8-19)10-14-17-15(20-18-14)9-12(3)16-4/h11-13,16H,5-10H2,1-4H3. The summed E-state index contributed by atoms with van der Waals surface area (Å²) in [5, 5.41) is 7.31. The highest BCUT2D eigenvalue weighted by Crippen LogP contribution is 2.21. The molecule has 0 spiro atoms. The third-order valence-electron chi connectivity index (χ3n) is 4.33. The van der Waals surface area contributed by atoms with Gasteiger partial charge < -0.3 is 14.7 Å². The van der Waals surface area contributed by atoms with Gasteiger partial charge in [0, 0.05) is 24.9 Å². The minimum absolute atomic E-state index is 0.373. The monoisotopic (exact) mass is 280 g/mol. The fraction of sp³-hybridized carbons (Fsp3) is 0.867. The average molecular weight is 280 g/mol. The van der Waals surface area contributed by atoms with Crippen molar-refractivity contribution >= 4 is 0 Å². The van der Waals surface area contributed by atoms with Crippen LogP contribution in [0.5, 0.6) is 0 Å². The molecule has 1 unspecified atom stereocenters. The molecule has 0 bridgehead atoms. The van der Waals surface area contributed by atoms with Gasteiger partial charge in [0.25, 0.3) is 0 Å². The van der Waals surface area contributed by atoms with Crippen LogP contribution in [0, 0.1) is 5.92 Å². The second-order valence-corrected chi connectivity index (χ2v) is 6.28. The lowest BCUT2D eigenvalue weighted by molar-refractivity contribution is 0.148. The van der Waals surface area contributed by atoms with E-state index in [0.29, 0.717) is 18.0 Å². The first-order valence-corrected chi connectivity index (χ1v) is 7.81. The van der Waals surface area contributed by atoms with Gasteiger partial charge in [-0.3, -0.25) is 0 Å². The minimum atomic E-state index is 0.373. The third-order valence-corrected chi connectivity index (χ3v) is 4.33. The van der Waals surface area contributed by atoms with Gasteiger partial charge in [-0.1, -0.05) is 5.16 Å². The lowest BCUT2D eigenvalue weighted by Crippen LogP contribution is -2.38. The Bertz CT molecular complexity index is 396. The molecule has 1 saturated heterocycles. The largest absolute Gasteiger partial charge is 0.339 e. The van der Waals surface area contributed by atoms with Crippen LogP contribution >= 0.6 is 0 Å². The normalized spacial score (nSPS) is 19.6. The molecule has 1 N–H and O–H groups in total. The zero-order valence-corrected chi connectivity index (χ0v) is 13.2. The fourth-order valence-corrected chi connectivity index (χ4v) is 2.75. The lowest BCUT2D eigenvalue weighted by Gasteiger charge is -2.34. The highest BCUT2D eigenvalue weighted by molar-refractivity contribution is 4.91. The number of likely N-dealkylation sites (N-methyl/N-ethyl adjacent to an activating group) is 1. The molecule has 5 heteroatoms. The molecule has 1 fully saturated rings. The SMILES string of the molecule is CNC(C)Cc1nc(CC2CCN(C(C)C)CC2)no1. The van der Waals surface area contributed by atoms with Crippen molar-refractivity contribution in [3.63, 3.8) is 0 Å². The zero-order chi connectivity index (χ0) is 14.5. The van der Waals surface area contributed by atoms with Crippen LogP contribution in [0.2, 0.25) is 0 Å². The van der Waals surface area contributed by atoms with Crippen molar-refractivity contribution in [2.45, 2.75) is 58.5 Å². The number of nitrogens with zero attached hydrogens (tertiary/aromatic N) is 3. The predicted octanol–water partition coefficient (Wildman–Crippen LogP) is 1.88. The van der Waals surface area contributed by atoms with E-state index in [9.17, 15) is 0 Å². The van der Waals surface area contributed by atoms with Gasteiger partial charge in [-0.2, -0.15) is 4.98 Å². The second kappa shape index (κ2) is 7.18. The summed E-state index contributed by atoms with van der Waals surface area (Å²) in [5.41, 5.74) is 0.